The molecule has 2 aliphatic heterocycles. The van der Waals surface area contributed by atoms with Gasteiger partial charge in [0.05, 0.1) is 5.92 Å². The Morgan fingerprint density at radius 3 is 2.53 bits per heavy atom. The number of carbonyl (C=O) groups excluding carboxylic acids is 2. The Morgan fingerprint density at radius 2 is 1.78 bits per heavy atom. The van der Waals surface area contributed by atoms with E-state index in [1.54, 1.807) is 18.2 Å². The van der Waals surface area contributed by atoms with Crippen LogP contribution < -0.4 is 5.32 Å². The van der Waals surface area contributed by atoms with Gasteiger partial charge in [0.1, 0.15) is 5.54 Å². The van der Waals surface area contributed by atoms with E-state index >= 15 is 0 Å². The number of aromatic hydroxyl groups is 2. The molecule has 1 amide bonds. The maximum Gasteiger partial charge on any atom is 0.250 e. The molecule has 3 atom stereocenters. The molecule has 6 nitrogen and oxygen atoms in total. The number of Topliss-reactive ketones (excluding diaryl/α,β-unsaturated/α-hetero) is 1. The summed E-state index contributed by atoms with van der Waals surface area (Å²) in [5.74, 6) is -2.02. The fraction of sp³-hybridized carbons (Fsp3) is 0.200. The summed E-state index contributed by atoms with van der Waals surface area (Å²) in [6.07, 6.45) is 0. The van der Waals surface area contributed by atoms with Crippen molar-refractivity contribution in [3.05, 3.63) is 87.9 Å². The first-order valence-electron chi connectivity index (χ1n) is 10.3. The van der Waals surface area contributed by atoms with Crippen molar-refractivity contribution in [3.63, 3.8) is 0 Å². The van der Waals surface area contributed by atoms with Crippen molar-refractivity contribution in [2.75, 3.05) is 18.9 Å². The van der Waals surface area contributed by atoms with Gasteiger partial charge in [-0.25, -0.2) is 0 Å². The summed E-state index contributed by atoms with van der Waals surface area (Å²) in [5.41, 5.74) is 1.46. The summed E-state index contributed by atoms with van der Waals surface area (Å²) >= 11 is 3.49. The molecule has 162 valence electrons. The molecule has 2 heterocycles. The van der Waals surface area contributed by atoms with Crippen molar-refractivity contribution in [1.82, 2.24) is 4.90 Å². The molecule has 3 aromatic rings. The van der Waals surface area contributed by atoms with E-state index < -0.39 is 11.5 Å². The van der Waals surface area contributed by atoms with Crippen molar-refractivity contribution in [2.24, 2.45) is 5.92 Å². The molecule has 0 aromatic heterocycles. The number of likely N-dealkylation sites (N-methyl/N-ethyl adjacent to an activating group) is 1. The minimum atomic E-state index is -1.19. The average Bonchev–Trinajstić information content (AvgIpc) is 3.25. The van der Waals surface area contributed by atoms with Gasteiger partial charge in [0, 0.05) is 33.7 Å². The molecule has 7 heteroatoms. The van der Waals surface area contributed by atoms with E-state index in [9.17, 15) is 19.8 Å². The molecule has 0 bridgehead atoms. The van der Waals surface area contributed by atoms with Crippen LogP contribution in [0.5, 0.6) is 11.5 Å². The van der Waals surface area contributed by atoms with Crippen LogP contribution in [0.3, 0.4) is 0 Å². The van der Waals surface area contributed by atoms with Gasteiger partial charge in [-0.1, -0.05) is 58.4 Å². The third-order valence-electron chi connectivity index (χ3n) is 6.71. The minimum absolute atomic E-state index is 0.161. The zero-order chi connectivity index (χ0) is 22.6. The largest absolute Gasteiger partial charge is 0.504 e. The third-order valence-corrected chi connectivity index (χ3v) is 7.40. The van der Waals surface area contributed by atoms with Gasteiger partial charge in [0.15, 0.2) is 17.3 Å². The van der Waals surface area contributed by atoms with Crippen molar-refractivity contribution >= 4 is 33.3 Å². The fourth-order valence-electron chi connectivity index (χ4n) is 5.30. The lowest BCUT2D eigenvalue weighted by molar-refractivity contribution is -0.126. The van der Waals surface area contributed by atoms with Gasteiger partial charge >= 0.3 is 0 Å². The Morgan fingerprint density at radius 1 is 1.06 bits per heavy atom. The maximum atomic E-state index is 14.1. The van der Waals surface area contributed by atoms with Crippen LogP contribution in [0.2, 0.25) is 0 Å². The molecular weight excluding hydrogens is 472 g/mol. The number of benzene rings is 3. The molecule has 32 heavy (non-hydrogen) atoms. The molecule has 1 saturated heterocycles. The van der Waals surface area contributed by atoms with Gasteiger partial charge in [-0.2, -0.15) is 0 Å². The molecule has 2 aliphatic rings. The molecule has 1 spiro atoms. The molecular formula is C25H21BrN2O4. The Hall–Kier alpha value is -3.16. The lowest BCUT2D eigenvalue weighted by Gasteiger charge is -2.35. The first-order valence-corrected chi connectivity index (χ1v) is 11.1. The number of likely N-dealkylation sites (tertiary alicyclic amines) is 1. The normalized spacial score (nSPS) is 24.5. The van der Waals surface area contributed by atoms with E-state index in [0.29, 0.717) is 27.8 Å². The first-order chi connectivity index (χ1) is 15.4. The molecule has 0 saturated carbocycles. The second kappa shape index (κ2) is 7.46. The van der Waals surface area contributed by atoms with Gasteiger partial charge in [0.2, 0.25) is 5.91 Å². The van der Waals surface area contributed by atoms with Crippen LogP contribution in [0.25, 0.3) is 0 Å². The topological polar surface area (TPSA) is 89.9 Å². The van der Waals surface area contributed by atoms with Crippen LogP contribution in [-0.2, 0) is 10.3 Å². The third kappa shape index (κ3) is 2.81. The summed E-state index contributed by atoms with van der Waals surface area (Å²) in [5, 5.41) is 22.9. The summed E-state index contributed by atoms with van der Waals surface area (Å²) < 4.78 is 0.661. The predicted octanol–water partition coefficient (Wildman–Crippen LogP) is 4.24. The van der Waals surface area contributed by atoms with Gasteiger partial charge in [-0.3, -0.25) is 14.5 Å². The van der Waals surface area contributed by atoms with Crippen LogP contribution in [0.1, 0.15) is 27.4 Å². The molecule has 0 radical (unpaired) electrons. The second-order valence-corrected chi connectivity index (χ2v) is 9.18. The SMILES string of the molecule is CN1CC(c2ccc(O)c(O)c2)C(C(=O)c2ccccc2Br)C12C(=O)Nc1ccccc12. The number of amides is 1. The summed E-state index contributed by atoms with van der Waals surface area (Å²) in [6.45, 7) is 0.423. The molecule has 3 aromatic carbocycles. The van der Waals surface area contributed by atoms with Gasteiger partial charge in [0.25, 0.3) is 0 Å². The highest BCUT2D eigenvalue weighted by Crippen LogP contribution is 2.56. The first kappa shape index (κ1) is 20.7. The van der Waals surface area contributed by atoms with Crippen LogP contribution in [-0.4, -0.2) is 40.4 Å². The van der Waals surface area contributed by atoms with Crippen LogP contribution in [0.15, 0.2) is 71.2 Å². The second-order valence-electron chi connectivity index (χ2n) is 8.32. The van der Waals surface area contributed by atoms with E-state index in [4.69, 9.17) is 0 Å². The van der Waals surface area contributed by atoms with Crippen LogP contribution in [0.4, 0.5) is 5.69 Å². The van der Waals surface area contributed by atoms with Gasteiger partial charge in [-0.15, -0.1) is 0 Å². The van der Waals surface area contributed by atoms with Crippen LogP contribution in [0, 0.1) is 5.92 Å². The van der Waals surface area contributed by atoms with E-state index in [1.807, 2.05) is 48.3 Å². The predicted molar refractivity (Wildman–Crippen MR) is 124 cm³/mol. The van der Waals surface area contributed by atoms with Crippen molar-refractivity contribution in [1.29, 1.82) is 0 Å². The Bertz CT molecular complexity index is 1260. The van der Waals surface area contributed by atoms with E-state index in [1.165, 1.54) is 12.1 Å². The lowest BCUT2D eigenvalue weighted by atomic mass is 9.70. The zero-order valence-corrected chi connectivity index (χ0v) is 18.8. The number of nitrogens with zero attached hydrogens (tertiary/aromatic N) is 1. The van der Waals surface area contributed by atoms with Crippen molar-refractivity contribution in [3.8, 4) is 11.5 Å². The number of halogens is 1. The number of para-hydroxylation sites is 1. The number of hydrogen-bond acceptors (Lipinski definition) is 5. The number of phenolic OH excluding ortho intramolecular Hbond substituents is 2. The monoisotopic (exact) mass is 492 g/mol. The number of ketones is 1. The number of phenols is 2. The summed E-state index contributed by atoms with van der Waals surface area (Å²) in [4.78, 5) is 29.6. The minimum Gasteiger partial charge on any atom is -0.504 e. The zero-order valence-electron chi connectivity index (χ0n) is 17.2. The quantitative estimate of drug-likeness (QED) is 0.375. The molecule has 5 rings (SSSR count). The van der Waals surface area contributed by atoms with E-state index in [0.717, 1.165) is 5.56 Å². The average molecular weight is 493 g/mol. The van der Waals surface area contributed by atoms with E-state index in [-0.39, 0.29) is 29.1 Å². The Balaban J connectivity index is 1.75. The summed E-state index contributed by atoms with van der Waals surface area (Å²) in [7, 11) is 1.85. The van der Waals surface area contributed by atoms with Crippen molar-refractivity contribution < 1.29 is 19.8 Å². The number of hydrogen-bond donors (Lipinski definition) is 3. The lowest BCUT2D eigenvalue weighted by Crippen LogP contribution is -2.51. The molecule has 1 fully saturated rings. The molecule has 3 unspecified atom stereocenters. The smallest absolute Gasteiger partial charge is 0.250 e. The molecule has 0 aliphatic carbocycles. The number of carbonyl (C=O) groups is 2. The Labute approximate surface area is 193 Å². The fourth-order valence-corrected chi connectivity index (χ4v) is 5.78. The number of anilines is 1. The number of rotatable bonds is 3. The standard InChI is InChI=1S/C25H21BrN2O4/c1-28-13-16(14-10-11-20(29)21(30)12-14)22(23(31)15-6-2-4-8-18(15)26)25(28)17-7-3-5-9-19(17)27-24(25)32/h2-12,16,22,29-30H,13H2,1H3,(H,27,32). The van der Waals surface area contributed by atoms with Crippen molar-refractivity contribution in [2.45, 2.75) is 11.5 Å². The number of fused-ring (bicyclic) bond motifs is 2. The molecule has 3 N–H and O–H groups in total. The highest BCUT2D eigenvalue weighted by Gasteiger charge is 2.64. The highest BCUT2D eigenvalue weighted by molar-refractivity contribution is 9.10. The number of nitrogens with one attached hydrogen (secondary N) is 1. The maximum absolute atomic E-state index is 14.1. The van der Waals surface area contributed by atoms with Gasteiger partial charge < -0.3 is 15.5 Å². The van der Waals surface area contributed by atoms with Crippen LogP contribution >= 0.6 is 15.9 Å². The Kier molecular flexibility index (Phi) is 4.83. The van der Waals surface area contributed by atoms with E-state index in [2.05, 4.69) is 21.2 Å². The highest BCUT2D eigenvalue weighted by atomic mass is 79.9. The van der Waals surface area contributed by atoms with Gasteiger partial charge in [-0.05, 0) is 36.9 Å². The summed E-state index contributed by atoms with van der Waals surface area (Å²) in [6, 6.07) is 19.2.